The molecule has 1 aromatic heterocycles. The van der Waals surface area contributed by atoms with Crippen LogP contribution in [0.25, 0.3) is 11.3 Å². The zero-order chi connectivity index (χ0) is 12.5. The predicted octanol–water partition coefficient (Wildman–Crippen LogP) is 3.32. The molecule has 0 aliphatic heterocycles. The Labute approximate surface area is 99.5 Å². The number of nitrogens with zero attached hydrogens (tertiary/aromatic N) is 1. The summed E-state index contributed by atoms with van der Waals surface area (Å²) in [7, 11) is 0. The Balaban J connectivity index is 2.36. The molecule has 2 aromatic rings. The summed E-state index contributed by atoms with van der Waals surface area (Å²) >= 11 is 1.16. The van der Waals surface area contributed by atoms with E-state index in [1.165, 1.54) is 12.1 Å². The van der Waals surface area contributed by atoms with E-state index in [0.717, 1.165) is 23.7 Å². The van der Waals surface area contributed by atoms with Crippen molar-refractivity contribution in [2.75, 3.05) is 0 Å². The number of aliphatic hydroxyl groups is 1. The summed E-state index contributed by atoms with van der Waals surface area (Å²) in [5.41, 5.74) is 1.03. The lowest BCUT2D eigenvalue weighted by Crippen LogP contribution is -2.04. The molecule has 0 aliphatic rings. The second kappa shape index (κ2) is 4.46. The molecule has 2 nitrogen and oxygen atoms in total. The van der Waals surface area contributed by atoms with Crippen LogP contribution in [0.4, 0.5) is 13.2 Å². The van der Waals surface area contributed by atoms with Crippen LogP contribution in [0.5, 0.6) is 0 Å². The third kappa shape index (κ3) is 2.48. The van der Waals surface area contributed by atoms with Crippen molar-refractivity contribution in [1.82, 2.24) is 4.37 Å². The third-order valence-corrected chi connectivity index (χ3v) is 2.98. The second-order valence-electron chi connectivity index (χ2n) is 3.42. The number of alkyl halides is 3. The average molecular weight is 259 g/mol. The molecule has 6 heteroatoms. The maximum Gasteiger partial charge on any atom is 0.416 e. The summed E-state index contributed by atoms with van der Waals surface area (Å²) in [5.74, 6) is 0. The van der Waals surface area contributed by atoms with Crippen molar-refractivity contribution in [3.05, 3.63) is 40.8 Å². The lowest BCUT2D eigenvalue weighted by atomic mass is 10.1. The molecule has 0 amide bonds. The van der Waals surface area contributed by atoms with E-state index in [2.05, 4.69) is 4.37 Å². The molecule has 90 valence electrons. The normalized spacial score (nSPS) is 11.8. The van der Waals surface area contributed by atoms with Gasteiger partial charge in [-0.2, -0.15) is 17.5 Å². The van der Waals surface area contributed by atoms with E-state index in [9.17, 15) is 13.2 Å². The van der Waals surface area contributed by atoms with Gasteiger partial charge in [-0.05, 0) is 23.7 Å². The Bertz CT molecular complexity index is 504. The molecular weight excluding hydrogens is 251 g/mol. The van der Waals surface area contributed by atoms with Gasteiger partial charge in [-0.1, -0.05) is 12.1 Å². The highest BCUT2D eigenvalue weighted by Crippen LogP contribution is 2.31. The molecule has 0 unspecified atom stereocenters. The number of rotatable bonds is 2. The molecule has 0 fully saturated rings. The number of aromatic nitrogens is 1. The van der Waals surface area contributed by atoms with Crippen molar-refractivity contribution in [3.8, 4) is 11.3 Å². The number of halogens is 3. The van der Waals surface area contributed by atoms with Gasteiger partial charge in [-0.25, -0.2) is 0 Å². The molecule has 2 rings (SSSR count). The highest BCUT2D eigenvalue weighted by Gasteiger charge is 2.30. The Morgan fingerprint density at radius 2 is 1.82 bits per heavy atom. The standard InChI is InChI=1S/C11H8F3NOS/c12-11(13,14)9-3-1-7(2-4-9)10-8(5-16)6-17-15-10/h1-4,6,16H,5H2. The van der Waals surface area contributed by atoms with Gasteiger partial charge in [0.2, 0.25) is 0 Å². The summed E-state index contributed by atoms with van der Waals surface area (Å²) in [6.07, 6.45) is -4.33. The van der Waals surface area contributed by atoms with E-state index in [1.54, 1.807) is 5.38 Å². The molecule has 17 heavy (non-hydrogen) atoms. The van der Waals surface area contributed by atoms with E-state index in [4.69, 9.17) is 5.11 Å². The smallest absolute Gasteiger partial charge is 0.392 e. The second-order valence-corrected chi connectivity index (χ2v) is 4.05. The zero-order valence-electron chi connectivity index (χ0n) is 8.53. The lowest BCUT2D eigenvalue weighted by molar-refractivity contribution is -0.137. The highest BCUT2D eigenvalue weighted by molar-refractivity contribution is 7.04. The molecule has 0 saturated carbocycles. The topological polar surface area (TPSA) is 33.1 Å². The molecule has 1 heterocycles. The molecule has 0 bridgehead atoms. The summed E-state index contributed by atoms with van der Waals surface area (Å²) in [5, 5.41) is 10.7. The van der Waals surface area contributed by atoms with Crippen LogP contribution in [-0.4, -0.2) is 9.48 Å². The third-order valence-electron chi connectivity index (χ3n) is 2.30. The van der Waals surface area contributed by atoms with Crippen molar-refractivity contribution >= 4 is 11.5 Å². The number of hydrogen-bond acceptors (Lipinski definition) is 3. The molecule has 0 aliphatic carbocycles. The van der Waals surface area contributed by atoms with E-state index in [-0.39, 0.29) is 6.61 Å². The van der Waals surface area contributed by atoms with Crippen LogP contribution in [0.2, 0.25) is 0 Å². The lowest BCUT2D eigenvalue weighted by Gasteiger charge is -2.07. The van der Waals surface area contributed by atoms with Crippen LogP contribution in [-0.2, 0) is 12.8 Å². The van der Waals surface area contributed by atoms with Crippen LogP contribution in [0.15, 0.2) is 29.6 Å². The molecule has 0 spiro atoms. The maximum atomic E-state index is 12.4. The van der Waals surface area contributed by atoms with E-state index in [1.807, 2.05) is 0 Å². The molecule has 0 saturated heterocycles. The Morgan fingerprint density at radius 3 is 2.35 bits per heavy atom. The first-order valence-corrected chi connectivity index (χ1v) is 5.58. The molecule has 0 atom stereocenters. The van der Waals surface area contributed by atoms with Gasteiger partial charge < -0.3 is 5.11 Å². The van der Waals surface area contributed by atoms with Crippen LogP contribution in [0.3, 0.4) is 0 Å². The van der Waals surface area contributed by atoms with E-state index < -0.39 is 11.7 Å². The van der Waals surface area contributed by atoms with E-state index in [0.29, 0.717) is 16.8 Å². The Kier molecular flexibility index (Phi) is 3.17. The fraction of sp³-hybridized carbons (Fsp3) is 0.182. The van der Waals surface area contributed by atoms with Crippen molar-refractivity contribution < 1.29 is 18.3 Å². The van der Waals surface area contributed by atoms with Crippen molar-refractivity contribution in [2.24, 2.45) is 0 Å². The van der Waals surface area contributed by atoms with Gasteiger partial charge in [0.05, 0.1) is 17.9 Å². The van der Waals surface area contributed by atoms with Gasteiger partial charge in [0.1, 0.15) is 0 Å². The van der Waals surface area contributed by atoms with Crippen LogP contribution >= 0.6 is 11.5 Å². The van der Waals surface area contributed by atoms with Gasteiger partial charge in [-0.15, -0.1) is 0 Å². The molecule has 0 radical (unpaired) electrons. The number of aliphatic hydroxyl groups excluding tert-OH is 1. The van der Waals surface area contributed by atoms with Crippen molar-refractivity contribution in [1.29, 1.82) is 0 Å². The SMILES string of the molecule is OCc1csnc1-c1ccc(C(F)(F)F)cc1. The minimum absolute atomic E-state index is 0.174. The first-order chi connectivity index (χ1) is 8.02. The summed E-state index contributed by atoms with van der Waals surface area (Å²) < 4.78 is 41.1. The largest absolute Gasteiger partial charge is 0.416 e. The highest BCUT2D eigenvalue weighted by atomic mass is 32.1. The zero-order valence-corrected chi connectivity index (χ0v) is 9.35. The molecular formula is C11H8F3NOS. The molecule has 1 aromatic carbocycles. The van der Waals surface area contributed by atoms with Gasteiger partial charge in [0.25, 0.3) is 0 Å². The van der Waals surface area contributed by atoms with Gasteiger partial charge in [0, 0.05) is 16.5 Å². The fourth-order valence-electron chi connectivity index (χ4n) is 1.42. The monoisotopic (exact) mass is 259 g/mol. The summed E-state index contributed by atoms with van der Waals surface area (Å²) in [6, 6.07) is 4.74. The Morgan fingerprint density at radius 1 is 1.18 bits per heavy atom. The maximum absolute atomic E-state index is 12.4. The van der Waals surface area contributed by atoms with Crippen LogP contribution in [0.1, 0.15) is 11.1 Å². The Hall–Kier alpha value is -1.40. The van der Waals surface area contributed by atoms with Gasteiger partial charge >= 0.3 is 6.18 Å². The average Bonchev–Trinajstić information content (AvgIpc) is 2.76. The van der Waals surface area contributed by atoms with Crippen molar-refractivity contribution in [2.45, 2.75) is 12.8 Å². The van der Waals surface area contributed by atoms with Crippen molar-refractivity contribution in [3.63, 3.8) is 0 Å². The number of hydrogen-bond donors (Lipinski definition) is 1. The first-order valence-electron chi connectivity index (χ1n) is 4.74. The van der Waals surface area contributed by atoms with Gasteiger partial charge in [0.15, 0.2) is 0 Å². The van der Waals surface area contributed by atoms with Crippen LogP contribution in [0, 0.1) is 0 Å². The van der Waals surface area contributed by atoms with E-state index >= 15 is 0 Å². The van der Waals surface area contributed by atoms with Crippen LogP contribution < -0.4 is 0 Å². The molecule has 1 N–H and O–H groups in total. The fourth-order valence-corrected chi connectivity index (χ4v) is 2.12. The first kappa shape index (κ1) is 12.1. The minimum atomic E-state index is -4.33. The van der Waals surface area contributed by atoms with Gasteiger partial charge in [-0.3, -0.25) is 0 Å². The summed E-state index contributed by atoms with van der Waals surface area (Å²) in [4.78, 5) is 0. The minimum Gasteiger partial charge on any atom is -0.392 e. The predicted molar refractivity (Wildman–Crippen MR) is 58.5 cm³/mol. The number of benzene rings is 1. The quantitative estimate of drug-likeness (QED) is 0.897. The summed E-state index contributed by atoms with van der Waals surface area (Å²) in [6.45, 7) is -0.174.